The molecule has 0 atom stereocenters. The number of hydrogen-bond donors (Lipinski definition) is 2. The van der Waals surface area contributed by atoms with Gasteiger partial charge >= 0.3 is 0 Å². The highest BCUT2D eigenvalue weighted by atomic mass is 79.9. The van der Waals surface area contributed by atoms with Gasteiger partial charge in [-0.15, -0.1) is 0 Å². The summed E-state index contributed by atoms with van der Waals surface area (Å²) in [5.74, 6) is 0.0434. The van der Waals surface area contributed by atoms with E-state index < -0.39 is 0 Å². The van der Waals surface area contributed by atoms with Crippen LogP contribution in [-0.2, 0) is 12.8 Å². The summed E-state index contributed by atoms with van der Waals surface area (Å²) >= 11 is 3.24. The van der Waals surface area contributed by atoms with Gasteiger partial charge in [-0.1, -0.05) is 6.42 Å². The predicted molar refractivity (Wildman–Crippen MR) is 58.7 cm³/mol. The molecule has 0 bridgehead atoms. The average Bonchev–Trinajstić information content (AvgIpc) is 2.39. The Bertz CT molecular complexity index is 361. The van der Waals surface area contributed by atoms with E-state index in [0.717, 1.165) is 24.8 Å². The SMILES string of the molecule is Oc1c(Br)cc2c(c1O)CCCCC2. The number of aryl methyl sites for hydroxylation is 1. The molecular formula is C11H13BrO2. The molecule has 1 aromatic carbocycles. The molecule has 0 fully saturated rings. The van der Waals surface area contributed by atoms with E-state index in [9.17, 15) is 10.2 Å². The fraction of sp³-hybridized carbons (Fsp3) is 0.455. The smallest absolute Gasteiger partial charge is 0.172 e. The Kier molecular flexibility index (Phi) is 2.68. The third-order valence-corrected chi connectivity index (χ3v) is 3.40. The van der Waals surface area contributed by atoms with Crippen molar-refractivity contribution < 1.29 is 10.2 Å². The highest BCUT2D eigenvalue weighted by molar-refractivity contribution is 9.10. The van der Waals surface area contributed by atoms with E-state index in [1.165, 1.54) is 18.4 Å². The molecule has 0 spiro atoms. The molecule has 0 aromatic heterocycles. The van der Waals surface area contributed by atoms with Crippen LogP contribution < -0.4 is 0 Å². The molecule has 0 saturated heterocycles. The van der Waals surface area contributed by atoms with Gasteiger partial charge < -0.3 is 10.2 Å². The predicted octanol–water partition coefficient (Wildman–Crippen LogP) is 3.13. The van der Waals surface area contributed by atoms with Crippen molar-refractivity contribution in [2.75, 3.05) is 0 Å². The summed E-state index contributed by atoms with van der Waals surface area (Å²) in [6.07, 6.45) is 5.35. The van der Waals surface area contributed by atoms with E-state index in [2.05, 4.69) is 15.9 Å². The maximum absolute atomic E-state index is 9.77. The molecule has 1 aromatic rings. The number of halogens is 1. The maximum Gasteiger partial charge on any atom is 0.172 e. The van der Waals surface area contributed by atoms with Crippen LogP contribution in [0.2, 0.25) is 0 Å². The summed E-state index contributed by atoms with van der Waals surface area (Å²) in [6, 6.07) is 1.93. The van der Waals surface area contributed by atoms with Crippen molar-refractivity contribution in [2.24, 2.45) is 0 Å². The Balaban J connectivity index is 2.55. The van der Waals surface area contributed by atoms with Crippen LogP contribution in [0.4, 0.5) is 0 Å². The van der Waals surface area contributed by atoms with Gasteiger partial charge in [-0.3, -0.25) is 0 Å². The zero-order valence-electron chi connectivity index (χ0n) is 7.89. The molecular weight excluding hydrogens is 244 g/mol. The van der Waals surface area contributed by atoms with Crippen molar-refractivity contribution in [1.82, 2.24) is 0 Å². The molecule has 76 valence electrons. The van der Waals surface area contributed by atoms with Crippen LogP contribution in [-0.4, -0.2) is 10.2 Å². The van der Waals surface area contributed by atoms with Crippen LogP contribution in [0.25, 0.3) is 0 Å². The minimum absolute atomic E-state index is 0.0225. The Morgan fingerprint density at radius 2 is 1.71 bits per heavy atom. The fourth-order valence-electron chi connectivity index (χ4n) is 2.01. The van der Waals surface area contributed by atoms with E-state index in [-0.39, 0.29) is 11.5 Å². The van der Waals surface area contributed by atoms with Crippen molar-refractivity contribution in [2.45, 2.75) is 32.1 Å². The van der Waals surface area contributed by atoms with Crippen molar-refractivity contribution in [3.8, 4) is 11.5 Å². The van der Waals surface area contributed by atoms with Crippen molar-refractivity contribution in [1.29, 1.82) is 0 Å². The molecule has 0 saturated carbocycles. The minimum Gasteiger partial charge on any atom is -0.504 e. The third kappa shape index (κ3) is 1.61. The van der Waals surface area contributed by atoms with Gasteiger partial charge in [-0.25, -0.2) is 0 Å². The molecule has 0 unspecified atom stereocenters. The number of phenols is 2. The lowest BCUT2D eigenvalue weighted by molar-refractivity contribution is 0.396. The Morgan fingerprint density at radius 3 is 2.50 bits per heavy atom. The van der Waals surface area contributed by atoms with E-state index in [4.69, 9.17) is 0 Å². The van der Waals surface area contributed by atoms with Gasteiger partial charge in [0.15, 0.2) is 11.5 Å². The molecule has 1 aliphatic carbocycles. The Morgan fingerprint density at radius 1 is 1.00 bits per heavy atom. The van der Waals surface area contributed by atoms with Crippen molar-refractivity contribution in [3.63, 3.8) is 0 Å². The molecule has 0 heterocycles. The minimum atomic E-state index is -0.0225. The third-order valence-electron chi connectivity index (χ3n) is 2.80. The molecule has 0 radical (unpaired) electrons. The van der Waals surface area contributed by atoms with Gasteiger partial charge in [0.1, 0.15) is 0 Å². The lowest BCUT2D eigenvalue weighted by Gasteiger charge is -2.10. The Hall–Kier alpha value is -0.700. The number of phenolic OH excluding ortho intramolecular Hbond substituents is 2. The van der Waals surface area contributed by atoms with Gasteiger partial charge in [-0.2, -0.15) is 0 Å². The summed E-state index contributed by atoms with van der Waals surface area (Å²) in [4.78, 5) is 0. The van der Waals surface area contributed by atoms with Crippen LogP contribution in [0.3, 0.4) is 0 Å². The number of benzene rings is 1. The first-order chi connectivity index (χ1) is 6.70. The van der Waals surface area contributed by atoms with E-state index in [0.29, 0.717) is 4.47 Å². The van der Waals surface area contributed by atoms with Gasteiger partial charge in [0.25, 0.3) is 0 Å². The zero-order chi connectivity index (χ0) is 10.1. The first-order valence-electron chi connectivity index (χ1n) is 4.92. The van der Waals surface area contributed by atoms with Crippen molar-refractivity contribution in [3.05, 3.63) is 21.7 Å². The van der Waals surface area contributed by atoms with E-state index in [1.54, 1.807) is 0 Å². The molecule has 14 heavy (non-hydrogen) atoms. The first-order valence-corrected chi connectivity index (χ1v) is 5.71. The molecule has 2 nitrogen and oxygen atoms in total. The van der Waals surface area contributed by atoms with Crippen LogP contribution in [0.15, 0.2) is 10.5 Å². The van der Waals surface area contributed by atoms with Gasteiger partial charge in [0, 0.05) is 5.56 Å². The summed E-state index contributed by atoms with van der Waals surface area (Å²) in [6.45, 7) is 0. The number of hydrogen-bond acceptors (Lipinski definition) is 2. The monoisotopic (exact) mass is 256 g/mol. The molecule has 0 amide bonds. The van der Waals surface area contributed by atoms with Gasteiger partial charge in [0.2, 0.25) is 0 Å². The van der Waals surface area contributed by atoms with Crippen molar-refractivity contribution >= 4 is 15.9 Å². The topological polar surface area (TPSA) is 40.5 Å². The zero-order valence-corrected chi connectivity index (χ0v) is 9.47. The number of aromatic hydroxyl groups is 2. The summed E-state index contributed by atoms with van der Waals surface area (Å²) < 4.78 is 0.593. The maximum atomic E-state index is 9.77. The summed E-state index contributed by atoms with van der Waals surface area (Å²) in [7, 11) is 0. The lowest BCUT2D eigenvalue weighted by Crippen LogP contribution is -1.92. The van der Waals surface area contributed by atoms with E-state index in [1.807, 2.05) is 6.07 Å². The molecule has 1 aliphatic rings. The highest BCUT2D eigenvalue weighted by Crippen LogP contribution is 2.40. The number of fused-ring (bicyclic) bond motifs is 1. The lowest BCUT2D eigenvalue weighted by atomic mass is 10.0. The quantitative estimate of drug-likeness (QED) is 0.553. The first kappa shape index (κ1) is 9.84. The summed E-state index contributed by atoms with van der Waals surface area (Å²) in [5.41, 5.74) is 2.10. The standard InChI is InChI=1S/C11H13BrO2/c12-9-6-7-4-2-1-3-5-8(7)10(13)11(9)14/h6,13-14H,1-5H2. The second-order valence-corrected chi connectivity index (χ2v) is 4.61. The Labute approximate surface area is 91.7 Å². The fourth-order valence-corrected chi connectivity index (χ4v) is 2.48. The van der Waals surface area contributed by atoms with Crippen LogP contribution in [0, 0.1) is 0 Å². The molecule has 0 aliphatic heterocycles. The normalized spacial score (nSPS) is 16.1. The van der Waals surface area contributed by atoms with Gasteiger partial charge in [-0.05, 0) is 53.2 Å². The second kappa shape index (κ2) is 3.81. The average molecular weight is 257 g/mol. The van der Waals surface area contributed by atoms with Gasteiger partial charge in [0.05, 0.1) is 4.47 Å². The largest absolute Gasteiger partial charge is 0.504 e. The van der Waals surface area contributed by atoms with E-state index >= 15 is 0 Å². The van der Waals surface area contributed by atoms with Crippen LogP contribution in [0.1, 0.15) is 30.4 Å². The highest BCUT2D eigenvalue weighted by Gasteiger charge is 2.17. The second-order valence-electron chi connectivity index (χ2n) is 3.75. The molecule has 3 heteroatoms. The van der Waals surface area contributed by atoms with Crippen LogP contribution in [0.5, 0.6) is 11.5 Å². The number of rotatable bonds is 0. The molecule has 2 N–H and O–H groups in total. The summed E-state index contributed by atoms with van der Waals surface area (Å²) in [5, 5.41) is 19.3. The molecule has 2 rings (SSSR count). The van der Waals surface area contributed by atoms with Crippen LogP contribution >= 0.6 is 15.9 Å².